The summed E-state index contributed by atoms with van der Waals surface area (Å²) in [5.41, 5.74) is 1.30. The molecule has 0 amide bonds. The van der Waals surface area contributed by atoms with Crippen LogP contribution in [0.3, 0.4) is 0 Å². The van der Waals surface area contributed by atoms with E-state index in [2.05, 4.69) is 90.9 Å². The van der Waals surface area contributed by atoms with Crippen molar-refractivity contribution in [3.63, 3.8) is 0 Å². The predicted octanol–water partition coefficient (Wildman–Crippen LogP) is 6.89. The van der Waals surface area contributed by atoms with E-state index >= 15 is 0 Å². The van der Waals surface area contributed by atoms with Gasteiger partial charge in [-0.25, -0.2) is 0 Å². The monoisotopic (exact) mass is 446 g/mol. The van der Waals surface area contributed by atoms with Crippen LogP contribution in [0.2, 0.25) is 36.3 Å². The number of thioether (sulfide) groups is 2. The molecular weight excluding hydrogens is 405 g/mol. The number of hydrogen-bond donors (Lipinski definition) is 1. The smallest absolute Gasteiger partial charge is 0.192 e. The molecule has 1 N–H and O–H groups in total. The third-order valence-electron chi connectivity index (χ3n) is 7.46. The van der Waals surface area contributed by atoms with Crippen LogP contribution in [0.15, 0.2) is 12.2 Å². The average Bonchev–Trinajstić information content (AvgIpc) is 2.89. The number of hydrogen-bond acceptors (Lipinski definition) is 4. The van der Waals surface area contributed by atoms with Gasteiger partial charge in [0, 0.05) is 17.9 Å². The highest BCUT2D eigenvalue weighted by Crippen LogP contribution is 2.59. The van der Waals surface area contributed by atoms with Gasteiger partial charge in [0.1, 0.15) is 0 Å². The minimum Gasteiger partial charge on any atom is -0.432 e. The summed E-state index contributed by atoms with van der Waals surface area (Å²) in [7, 11) is -4.08. The Hall–Kier alpha value is 0.794. The molecule has 1 saturated carbocycles. The molecule has 27 heavy (non-hydrogen) atoms. The van der Waals surface area contributed by atoms with Gasteiger partial charge in [-0.1, -0.05) is 41.2 Å². The SMILES string of the molecule is C=C1[C@H](CC(C)(C)[Si](C)(C)O)CC2(C[C@H]1O[Si](C)(C)C(C)(C)C)SCCS2. The first kappa shape index (κ1) is 24.1. The summed E-state index contributed by atoms with van der Waals surface area (Å²) in [4.78, 5) is 10.9. The molecule has 2 nitrogen and oxygen atoms in total. The summed E-state index contributed by atoms with van der Waals surface area (Å²) < 4.78 is 7.22. The predicted molar refractivity (Wildman–Crippen MR) is 130 cm³/mol. The summed E-state index contributed by atoms with van der Waals surface area (Å²) in [5, 5.41) is 0.192. The van der Waals surface area contributed by atoms with Crippen LogP contribution in [0.5, 0.6) is 0 Å². The van der Waals surface area contributed by atoms with Crippen molar-refractivity contribution in [2.24, 2.45) is 5.92 Å². The average molecular weight is 447 g/mol. The largest absolute Gasteiger partial charge is 0.432 e. The first-order valence-corrected chi connectivity index (χ1v) is 18.2. The summed E-state index contributed by atoms with van der Waals surface area (Å²) >= 11 is 4.30. The topological polar surface area (TPSA) is 29.5 Å². The molecular formula is C21H42O2S2Si2. The van der Waals surface area contributed by atoms with E-state index in [1.54, 1.807) is 0 Å². The van der Waals surface area contributed by atoms with Gasteiger partial charge < -0.3 is 9.22 Å². The highest BCUT2D eigenvalue weighted by Gasteiger charge is 2.51. The van der Waals surface area contributed by atoms with Crippen molar-refractivity contribution in [1.82, 2.24) is 0 Å². The second-order valence-corrected chi connectivity index (χ2v) is 23.7. The molecule has 2 rings (SSSR count). The molecule has 0 aromatic rings. The minimum absolute atomic E-state index is 0.0192. The molecule has 158 valence electrons. The lowest BCUT2D eigenvalue weighted by Crippen LogP contribution is -2.49. The molecule has 1 aliphatic carbocycles. The van der Waals surface area contributed by atoms with Gasteiger partial charge >= 0.3 is 0 Å². The molecule has 0 aromatic heterocycles. The molecule has 2 aliphatic rings. The van der Waals surface area contributed by atoms with Crippen LogP contribution in [0.25, 0.3) is 0 Å². The van der Waals surface area contributed by atoms with Crippen LogP contribution in [0.1, 0.15) is 53.9 Å². The molecule has 1 saturated heterocycles. The van der Waals surface area contributed by atoms with Gasteiger partial charge in [-0.15, -0.1) is 23.5 Å². The van der Waals surface area contributed by atoms with Gasteiger partial charge in [-0.3, -0.25) is 0 Å². The van der Waals surface area contributed by atoms with Crippen molar-refractivity contribution in [3.8, 4) is 0 Å². The molecule has 1 heterocycles. The Kier molecular flexibility index (Phi) is 6.96. The lowest BCUT2D eigenvalue weighted by atomic mass is 9.78. The fraction of sp³-hybridized carbons (Fsp3) is 0.905. The highest BCUT2D eigenvalue weighted by atomic mass is 32.2. The maximum Gasteiger partial charge on any atom is 0.192 e. The Balaban J connectivity index is 2.29. The van der Waals surface area contributed by atoms with Gasteiger partial charge in [0.15, 0.2) is 16.6 Å². The molecule has 2 atom stereocenters. The zero-order valence-electron chi connectivity index (χ0n) is 19.1. The first-order chi connectivity index (χ1) is 12.0. The lowest BCUT2D eigenvalue weighted by molar-refractivity contribution is 0.157. The molecule has 1 spiro atoms. The van der Waals surface area contributed by atoms with E-state index in [4.69, 9.17) is 4.43 Å². The van der Waals surface area contributed by atoms with Crippen molar-refractivity contribution in [2.75, 3.05) is 11.5 Å². The summed E-state index contributed by atoms with van der Waals surface area (Å²) in [6.07, 6.45) is 3.49. The zero-order chi connectivity index (χ0) is 20.9. The lowest BCUT2D eigenvalue weighted by Gasteiger charge is -2.49. The maximum absolute atomic E-state index is 10.9. The minimum atomic E-state index is -2.24. The fourth-order valence-electron chi connectivity index (χ4n) is 3.72. The Labute approximate surface area is 178 Å². The van der Waals surface area contributed by atoms with Crippen LogP contribution >= 0.6 is 23.5 Å². The second-order valence-electron chi connectivity index (χ2n) is 11.3. The van der Waals surface area contributed by atoms with Gasteiger partial charge in [0.2, 0.25) is 0 Å². The molecule has 6 heteroatoms. The van der Waals surface area contributed by atoms with Crippen LogP contribution in [-0.2, 0) is 4.43 Å². The quantitative estimate of drug-likeness (QED) is 0.368. The van der Waals surface area contributed by atoms with Crippen molar-refractivity contribution in [2.45, 2.75) is 100 Å². The van der Waals surface area contributed by atoms with Gasteiger partial charge in [-0.2, -0.15) is 0 Å². The highest BCUT2D eigenvalue weighted by molar-refractivity contribution is 8.21. The summed E-state index contributed by atoms with van der Waals surface area (Å²) in [5.74, 6) is 2.95. The molecule has 1 aliphatic heterocycles. The molecule has 0 unspecified atom stereocenters. The molecule has 0 bridgehead atoms. The van der Waals surface area contributed by atoms with E-state index in [1.807, 2.05) is 0 Å². The van der Waals surface area contributed by atoms with E-state index in [1.165, 1.54) is 23.5 Å². The molecule has 0 radical (unpaired) electrons. The van der Waals surface area contributed by atoms with E-state index in [0.717, 1.165) is 12.8 Å². The Morgan fingerprint density at radius 3 is 2.04 bits per heavy atom. The Morgan fingerprint density at radius 1 is 1.07 bits per heavy atom. The van der Waals surface area contributed by atoms with Gasteiger partial charge in [0.05, 0.1) is 10.2 Å². The van der Waals surface area contributed by atoms with Crippen LogP contribution in [0.4, 0.5) is 0 Å². The number of rotatable bonds is 5. The van der Waals surface area contributed by atoms with Crippen molar-refractivity contribution in [1.29, 1.82) is 0 Å². The third kappa shape index (κ3) is 5.29. The standard InChI is InChI=1S/C21H42O2S2Si2/c1-16-17(13-20(5,6)26(7,8)22)14-21(24-11-12-25-21)15-18(16)23-27(9,10)19(2,3)4/h17-18,22H,1,11-15H2,2-10H3/t17-,18-/m1/s1. The van der Waals surface area contributed by atoms with Crippen molar-refractivity contribution < 1.29 is 9.22 Å². The third-order valence-corrected chi connectivity index (χ3v) is 19.0. The van der Waals surface area contributed by atoms with Crippen molar-refractivity contribution in [3.05, 3.63) is 12.2 Å². The van der Waals surface area contributed by atoms with Crippen molar-refractivity contribution >= 4 is 40.2 Å². The normalized spacial score (nSPS) is 27.4. The van der Waals surface area contributed by atoms with Crippen LogP contribution in [0, 0.1) is 5.92 Å². The van der Waals surface area contributed by atoms with Crippen LogP contribution in [-0.4, -0.2) is 43.1 Å². The summed E-state index contributed by atoms with van der Waals surface area (Å²) in [6, 6.07) is 0. The second kappa shape index (κ2) is 7.80. The summed E-state index contributed by atoms with van der Waals surface area (Å²) in [6.45, 7) is 24.9. The fourth-order valence-corrected chi connectivity index (χ4v) is 9.18. The molecule has 0 aromatic carbocycles. The maximum atomic E-state index is 10.9. The van der Waals surface area contributed by atoms with E-state index in [-0.39, 0.29) is 20.3 Å². The van der Waals surface area contributed by atoms with E-state index in [9.17, 15) is 4.80 Å². The van der Waals surface area contributed by atoms with E-state index < -0.39 is 16.6 Å². The first-order valence-electron chi connectivity index (χ1n) is 10.4. The van der Waals surface area contributed by atoms with Gasteiger partial charge in [-0.05, 0) is 60.6 Å². The van der Waals surface area contributed by atoms with Gasteiger partial charge in [0.25, 0.3) is 0 Å². The Bertz CT molecular complexity index is 514. The molecule has 2 fully saturated rings. The zero-order valence-corrected chi connectivity index (χ0v) is 22.7. The van der Waals surface area contributed by atoms with Crippen LogP contribution < -0.4 is 0 Å². The Morgan fingerprint density at radius 2 is 1.59 bits per heavy atom. The van der Waals surface area contributed by atoms with E-state index in [0.29, 0.717) is 5.92 Å².